The zero-order chi connectivity index (χ0) is 20.1. The van der Waals surface area contributed by atoms with Crippen molar-refractivity contribution in [2.24, 2.45) is 0 Å². The van der Waals surface area contributed by atoms with Gasteiger partial charge in [0.2, 0.25) is 5.91 Å². The molecule has 146 valence electrons. The summed E-state index contributed by atoms with van der Waals surface area (Å²) in [4.78, 5) is 14.5. The summed E-state index contributed by atoms with van der Waals surface area (Å²) < 4.78 is 2.02. The van der Waals surface area contributed by atoms with Gasteiger partial charge < -0.3 is 9.47 Å². The second kappa shape index (κ2) is 9.26. The van der Waals surface area contributed by atoms with E-state index in [9.17, 15) is 4.79 Å². The standard InChI is InChI=1S/C21H23ClN4OS/c1-4-26-19(17-10-12-18(22)13-11-17)23-24-21(26)28-15(2)20(27)25(3)14-16-8-6-5-7-9-16/h5-13,15H,4,14H2,1-3H3/t15-/m0/s1. The Hall–Kier alpha value is -2.31. The molecule has 7 heteroatoms. The molecule has 0 N–H and O–H groups in total. The maximum atomic E-state index is 12.8. The summed E-state index contributed by atoms with van der Waals surface area (Å²) in [5.41, 5.74) is 2.06. The lowest BCUT2D eigenvalue weighted by molar-refractivity contribution is -0.129. The highest BCUT2D eigenvalue weighted by Crippen LogP contribution is 2.28. The fourth-order valence-corrected chi connectivity index (χ4v) is 4.08. The number of hydrogen-bond donors (Lipinski definition) is 0. The molecule has 1 amide bonds. The first-order valence-corrected chi connectivity index (χ1v) is 10.4. The molecule has 28 heavy (non-hydrogen) atoms. The summed E-state index contributed by atoms with van der Waals surface area (Å²) in [5.74, 6) is 0.839. The predicted molar refractivity (Wildman–Crippen MR) is 114 cm³/mol. The molecular weight excluding hydrogens is 392 g/mol. The van der Waals surface area contributed by atoms with Crippen LogP contribution in [0.15, 0.2) is 59.8 Å². The Morgan fingerprint density at radius 2 is 1.82 bits per heavy atom. The summed E-state index contributed by atoms with van der Waals surface area (Å²) in [5, 5.41) is 9.82. The minimum Gasteiger partial charge on any atom is -0.340 e. The molecule has 2 aromatic carbocycles. The van der Waals surface area contributed by atoms with Crippen LogP contribution in [-0.4, -0.2) is 37.9 Å². The van der Waals surface area contributed by atoms with Crippen molar-refractivity contribution in [2.75, 3.05) is 7.05 Å². The van der Waals surface area contributed by atoms with Gasteiger partial charge in [0.25, 0.3) is 0 Å². The molecule has 0 fully saturated rings. The zero-order valence-electron chi connectivity index (χ0n) is 16.2. The van der Waals surface area contributed by atoms with Crippen LogP contribution in [0.2, 0.25) is 5.02 Å². The van der Waals surface area contributed by atoms with E-state index in [-0.39, 0.29) is 11.2 Å². The Kier molecular flexibility index (Phi) is 6.75. The zero-order valence-corrected chi connectivity index (χ0v) is 17.7. The molecule has 0 aliphatic rings. The Morgan fingerprint density at radius 1 is 1.14 bits per heavy atom. The van der Waals surface area contributed by atoms with E-state index < -0.39 is 0 Å². The van der Waals surface area contributed by atoms with Crippen molar-refractivity contribution < 1.29 is 4.79 Å². The van der Waals surface area contributed by atoms with Crippen LogP contribution < -0.4 is 0 Å². The quantitative estimate of drug-likeness (QED) is 0.523. The summed E-state index contributed by atoms with van der Waals surface area (Å²) in [7, 11) is 1.83. The van der Waals surface area contributed by atoms with E-state index in [1.165, 1.54) is 11.8 Å². The summed E-state index contributed by atoms with van der Waals surface area (Å²) in [6, 6.07) is 17.5. The normalized spacial score (nSPS) is 12.0. The summed E-state index contributed by atoms with van der Waals surface area (Å²) in [6.45, 7) is 5.25. The molecule has 0 saturated carbocycles. The SMILES string of the molecule is CCn1c(S[C@@H](C)C(=O)N(C)Cc2ccccc2)nnc1-c1ccc(Cl)cc1. The van der Waals surface area contributed by atoms with Gasteiger partial charge in [-0.1, -0.05) is 53.7 Å². The number of halogens is 1. The molecule has 5 nitrogen and oxygen atoms in total. The Bertz CT molecular complexity index is 927. The van der Waals surface area contributed by atoms with Gasteiger partial charge in [-0.3, -0.25) is 4.79 Å². The number of amides is 1. The predicted octanol–water partition coefficient (Wildman–Crippen LogP) is 4.76. The molecule has 0 aliphatic carbocycles. The van der Waals surface area contributed by atoms with Crippen molar-refractivity contribution in [3.63, 3.8) is 0 Å². The molecular formula is C21H23ClN4OS. The van der Waals surface area contributed by atoms with E-state index in [2.05, 4.69) is 10.2 Å². The molecule has 0 spiro atoms. The van der Waals surface area contributed by atoms with Crippen molar-refractivity contribution >= 4 is 29.3 Å². The van der Waals surface area contributed by atoms with E-state index in [0.29, 0.717) is 18.1 Å². The number of nitrogens with zero attached hydrogens (tertiary/aromatic N) is 4. The Labute approximate surface area is 174 Å². The van der Waals surface area contributed by atoms with Gasteiger partial charge in [-0.15, -0.1) is 10.2 Å². The average molecular weight is 415 g/mol. The highest BCUT2D eigenvalue weighted by atomic mass is 35.5. The van der Waals surface area contributed by atoms with Crippen LogP contribution in [0, 0.1) is 0 Å². The number of aromatic nitrogens is 3. The average Bonchev–Trinajstić information content (AvgIpc) is 3.11. The first kappa shape index (κ1) is 20.4. The third-order valence-electron chi connectivity index (χ3n) is 4.40. The fourth-order valence-electron chi connectivity index (χ4n) is 2.93. The van der Waals surface area contributed by atoms with Crippen LogP contribution in [0.25, 0.3) is 11.4 Å². The molecule has 0 radical (unpaired) electrons. The Balaban J connectivity index is 1.72. The molecule has 3 rings (SSSR count). The lowest BCUT2D eigenvalue weighted by atomic mass is 10.2. The molecule has 1 atom stereocenters. The lowest BCUT2D eigenvalue weighted by Gasteiger charge is -2.21. The van der Waals surface area contributed by atoms with Gasteiger partial charge in [0, 0.05) is 30.7 Å². The van der Waals surface area contributed by atoms with Crippen molar-refractivity contribution in [1.82, 2.24) is 19.7 Å². The van der Waals surface area contributed by atoms with Gasteiger partial charge >= 0.3 is 0 Å². The molecule has 1 aromatic heterocycles. The van der Waals surface area contributed by atoms with E-state index in [4.69, 9.17) is 11.6 Å². The van der Waals surface area contributed by atoms with Crippen LogP contribution >= 0.6 is 23.4 Å². The number of hydrogen-bond acceptors (Lipinski definition) is 4. The minimum absolute atomic E-state index is 0.0625. The van der Waals surface area contributed by atoms with E-state index in [0.717, 1.165) is 22.1 Å². The van der Waals surface area contributed by atoms with Gasteiger partial charge in [-0.05, 0) is 43.7 Å². The van der Waals surface area contributed by atoms with Gasteiger partial charge in [0.1, 0.15) is 0 Å². The van der Waals surface area contributed by atoms with Crippen LogP contribution in [0.1, 0.15) is 19.4 Å². The second-order valence-electron chi connectivity index (χ2n) is 6.50. The van der Waals surface area contributed by atoms with E-state index in [1.807, 2.05) is 80.1 Å². The molecule has 0 bridgehead atoms. The van der Waals surface area contributed by atoms with Crippen LogP contribution in [-0.2, 0) is 17.9 Å². The third kappa shape index (κ3) is 4.75. The molecule has 0 aliphatic heterocycles. The largest absolute Gasteiger partial charge is 0.340 e. The van der Waals surface area contributed by atoms with Gasteiger partial charge in [-0.2, -0.15) is 0 Å². The molecule has 0 saturated heterocycles. The fraction of sp³-hybridized carbons (Fsp3) is 0.286. The number of carbonyl (C=O) groups excluding carboxylic acids is 1. The maximum Gasteiger partial charge on any atom is 0.235 e. The summed E-state index contributed by atoms with van der Waals surface area (Å²) in [6.07, 6.45) is 0. The number of thioether (sulfide) groups is 1. The second-order valence-corrected chi connectivity index (χ2v) is 8.24. The number of rotatable bonds is 7. The van der Waals surface area contributed by atoms with Crippen molar-refractivity contribution in [3.8, 4) is 11.4 Å². The van der Waals surface area contributed by atoms with Crippen molar-refractivity contribution in [1.29, 1.82) is 0 Å². The first-order valence-electron chi connectivity index (χ1n) is 9.14. The van der Waals surface area contributed by atoms with Crippen LogP contribution in [0.4, 0.5) is 0 Å². The lowest BCUT2D eigenvalue weighted by Crippen LogP contribution is -2.33. The topological polar surface area (TPSA) is 51.0 Å². The minimum atomic E-state index is -0.263. The monoisotopic (exact) mass is 414 g/mol. The highest BCUT2D eigenvalue weighted by Gasteiger charge is 2.22. The summed E-state index contributed by atoms with van der Waals surface area (Å²) >= 11 is 7.41. The smallest absolute Gasteiger partial charge is 0.235 e. The van der Waals surface area contributed by atoms with Crippen molar-refractivity contribution in [3.05, 3.63) is 65.2 Å². The van der Waals surface area contributed by atoms with Gasteiger partial charge in [0.15, 0.2) is 11.0 Å². The highest BCUT2D eigenvalue weighted by molar-refractivity contribution is 8.00. The van der Waals surface area contributed by atoms with Gasteiger partial charge in [-0.25, -0.2) is 0 Å². The molecule has 1 heterocycles. The van der Waals surface area contributed by atoms with Crippen LogP contribution in [0.5, 0.6) is 0 Å². The third-order valence-corrected chi connectivity index (χ3v) is 5.72. The van der Waals surface area contributed by atoms with Gasteiger partial charge in [0.05, 0.1) is 5.25 Å². The number of carbonyl (C=O) groups is 1. The van der Waals surface area contributed by atoms with E-state index in [1.54, 1.807) is 4.90 Å². The van der Waals surface area contributed by atoms with E-state index >= 15 is 0 Å². The van der Waals surface area contributed by atoms with Crippen molar-refractivity contribution in [2.45, 2.75) is 37.3 Å². The Morgan fingerprint density at radius 3 is 2.46 bits per heavy atom. The maximum absolute atomic E-state index is 12.8. The van der Waals surface area contributed by atoms with Crippen LogP contribution in [0.3, 0.4) is 0 Å². The number of benzene rings is 2. The molecule has 3 aromatic rings. The first-order chi connectivity index (χ1) is 13.5. The molecule has 0 unspecified atom stereocenters.